The molecule has 1 aliphatic carbocycles. The molecule has 1 atom stereocenters. The highest BCUT2D eigenvalue weighted by Crippen LogP contribution is 2.41. The Labute approximate surface area is 175 Å². The number of fused-ring (bicyclic) bond motifs is 1. The highest BCUT2D eigenvalue weighted by atomic mass is 16.5. The lowest BCUT2D eigenvalue weighted by Crippen LogP contribution is -2.23. The number of hydrogen-bond acceptors (Lipinski definition) is 3. The van der Waals surface area contributed by atoms with E-state index in [9.17, 15) is 14.7 Å². The molecule has 0 aliphatic heterocycles. The fourth-order valence-electron chi connectivity index (χ4n) is 4.27. The predicted molar refractivity (Wildman–Crippen MR) is 118 cm³/mol. The minimum absolute atomic E-state index is 0.176. The van der Waals surface area contributed by atoms with Crippen LogP contribution in [0.15, 0.2) is 66.2 Å². The molecule has 3 aromatic carbocycles. The lowest BCUT2D eigenvalue weighted by atomic mass is 9.89. The second-order valence-corrected chi connectivity index (χ2v) is 7.91. The van der Waals surface area contributed by atoms with Gasteiger partial charge in [-0.3, -0.25) is 4.79 Å². The van der Waals surface area contributed by atoms with Gasteiger partial charge in [-0.1, -0.05) is 54.1 Å². The minimum Gasteiger partial charge on any atom is -0.478 e. The quantitative estimate of drug-likeness (QED) is 0.323. The van der Waals surface area contributed by atoms with E-state index in [4.69, 9.17) is 4.74 Å². The monoisotopic (exact) mass is 400 g/mol. The van der Waals surface area contributed by atoms with Crippen molar-refractivity contribution in [1.29, 1.82) is 0 Å². The fraction of sp³-hybridized carbons (Fsp3) is 0.231. The fourth-order valence-corrected chi connectivity index (χ4v) is 4.27. The van der Waals surface area contributed by atoms with Crippen molar-refractivity contribution in [3.8, 4) is 16.9 Å². The first-order valence-corrected chi connectivity index (χ1v) is 10.2. The van der Waals surface area contributed by atoms with E-state index in [2.05, 4.69) is 6.08 Å². The molecule has 0 bridgehead atoms. The molecule has 0 heterocycles. The topological polar surface area (TPSA) is 63.6 Å². The van der Waals surface area contributed by atoms with Crippen LogP contribution < -0.4 is 4.74 Å². The zero-order chi connectivity index (χ0) is 21.3. The van der Waals surface area contributed by atoms with Crippen molar-refractivity contribution in [3.63, 3.8) is 0 Å². The van der Waals surface area contributed by atoms with Crippen LogP contribution in [0.3, 0.4) is 0 Å². The molecule has 152 valence electrons. The van der Waals surface area contributed by atoms with Gasteiger partial charge in [0, 0.05) is 11.1 Å². The van der Waals surface area contributed by atoms with Crippen molar-refractivity contribution in [2.75, 3.05) is 0 Å². The Morgan fingerprint density at radius 2 is 1.77 bits per heavy atom. The number of rotatable bonds is 4. The molecule has 0 fully saturated rings. The van der Waals surface area contributed by atoms with Crippen molar-refractivity contribution in [2.24, 2.45) is 5.92 Å². The van der Waals surface area contributed by atoms with Crippen molar-refractivity contribution in [1.82, 2.24) is 0 Å². The van der Waals surface area contributed by atoms with Crippen LogP contribution in [0, 0.1) is 12.8 Å². The Kier molecular flexibility index (Phi) is 5.40. The smallest absolute Gasteiger partial charge is 0.336 e. The first-order chi connectivity index (χ1) is 14.5. The van der Waals surface area contributed by atoms with Crippen molar-refractivity contribution >= 4 is 22.7 Å². The molecule has 4 heteroatoms. The summed E-state index contributed by atoms with van der Waals surface area (Å²) >= 11 is 0. The molecular weight excluding hydrogens is 376 g/mol. The van der Waals surface area contributed by atoms with E-state index >= 15 is 0 Å². The van der Waals surface area contributed by atoms with Crippen LogP contribution in [-0.4, -0.2) is 17.0 Å². The van der Waals surface area contributed by atoms with Crippen molar-refractivity contribution in [2.45, 2.75) is 33.1 Å². The molecule has 0 radical (unpaired) electrons. The van der Waals surface area contributed by atoms with Gasteiger partial charge in [0.15, 0.2) is 0 Å². The minimum atomic E-state index is -1.01. The van der Waals surface area contributed by atoms with Gasteiger partial charge in [-0.25, -0.2) is 4.79 Å². The van der Waals surface area contributed by atoms with E-state index in [1.807, 2.05) is 50.2 Å². The van der Waals surface area contributed by atoms with E-state index in [0.29, 0.717) is 23.3 Å². The summed E-state index contributed by atoms with van der Waals surface area (Å²) in [4.78, 5) is 25.0. The van der Waals surface area contributed by atoms with Crippen LogP contribution in [0.5, 0.6) is 5.75 Å². The van der Waals surface area contributed by atoms with E-state index in [1.165, 1.54) is 5.57 Å². The van der Waals surface area contributed by atoms with Crippen LogP contribution in [0.1, 0.15) is 42.1 Å². The zero-order valence-corrected chi connectivity index (χ0v) is 17.1. The molecule has 0 saturated carbocycles. The summed E-state index contributed by atoms with van der Waals surface area (Å²) in [5.74, 6) is -1.04. The van der Waals surface area contributed by atoms with Gasteiger partial charge in [-0.05, 0) is 61.6 Å². The average molecular weight is 400 g/mol. The molecule has 3 aromatic rings. The highest BCUT2D eigenvalue weighted by Gasteiger charge is 2.26. The maximum atomic E-state index is 13.0. The molecule has 4 nitrogen and oxygen atoms in total. The van der Waals surface area contributed by atoms with Crippen molar-refractivity contribution in [3.05, 3.63) is 77.4 Å². The zero-order valence-electron chi connectivity index (χ0n) is 17.1. The Balaban J connectivity index is 1.88. The summed E-state index contributed by atoms with van der Waals surface area (Å²) in [5.41, 5.74) is 3.46. The standard InChI is InChI=1S/C26H24O4/c1-16-7-5-10-19(15-16)26(29)30-22-14-13-18-9-3-4-11-20(18)24(22)23-17(2)8-6-12-21(23)25(27)28/h3-4,6-9,11-14,19H,5,10,15H2,1-2H3,(H,27,28). The second kappa shape index (κ2) is 8.15. The van der Waals surface area contributed by atoms with Crippen LogP contribution in [0.25, 0.3) is 21.9 Å². The molecule has 30 heavy (non-hydrogen) atoms. The second-order valence-electron chi connectivity index (χ2n) is 7.91. The maximum Gasteiger partial charge on any atom is 0.336 e. The summed E-state index contributed by atoms with van der Waals surface area (Å²) < 4.78 is 5.93. The third-order valence-corrected chi connectivity index (χ3v) is 5.76. The molecule has 0 spiro atoms. The van der Waals surface area contributed by atoms with Crippen LogP contribution in [0.2, 0.25) is 0 Å². The van der Waals surface area contributed by atoms with Gasteiger partial charge in [0.1, 0.15) is 5.75 Å². The lowest BCUT2D eigenvalue weighted by Gasteiger charge is -2.22. The molecule has 0 aromatic heterocycles. The number of aryl methyl sites for hydroxylation is 1. The number of carboxylic acid groups (broad SMARTS) is 1. The number of benzene rings is 3. The maximum absolute atomic E-state index is 13.0. The number of aromatic carboxylic acids is 1. The summed E-state index contributed by atoms with van der Waals surface area (Å²) in [7, 11) is 0. The van der Waals surface area contributed by atoms with E-state index in [1.54, 1.807) is 18.2 Å². The van der Waals surface area contributed by atoms with Crippen LogP contribution >= 0.6 is 0 Å². The third-order valence-electron chi connectivity index (χ3n) is 5.76. The molecule has 1 unspecified atom stereocenters. The van der Waals surface area contributed by atoms with E-state index < -0.39 is 5.97 Å². The van der Waals surface area contributed by atoms with Gasteiger partial charge in [-0.2, -0.15) is 0 Å². The molecule has 1 N–H and O–H groups in total. The molecule has 1 aliphatic rings. The molecular formula is C26H24O4. The van der Waals surface area contributed by atoms with Crippen LogP contribution in [0.4, 0.5) is 0 Å². The van der Waals surface area contributed by atoms with Gasteiger partial charge < -0.3 is 9.84 Å². The summed E-state index contributed by atoms with van der Waals surface area (Å²) in [6.45, 7) is 3.91. The first kappa shape index (κ1) is 19.9. The summed E-state index contributed by atoms with van der Waals surface area (Å²) in [5, 5.41) is 11.6. The van der Waals surface area contributed by atoms with E-state index in [0.717, 1.165) is 29.2 Å². The Hall–Kier alpha value is -3.40. The molecule has 0 saturated heterocycles. The normalized spacial score (nSPS) is 16.2. The average Bonchev–Trinajstić information content (AvgIpc) is 2.73. The number of carbonyl (C=O) groups excluding carboxylic acids is 1. The first-order valence-electron chi connectivity index (χ1n) is 10.2. The molecule has 0 amide bonds. The van der Waals surface area contributed by atoms with Crippen LogP contribution in [-0.2, 0) is 4.79 Å². The number of ether oxygens (including phenoxy) is 1. The number of allylic oxidation sites excluding steroid dienone is 2. The number of carboxylic acids is 1. The van der Waals surface area contributed by atoms with Gasteiger partial charge in [-0.15, -0.1) is 0 Å². The number of esters is 1. The van der Waals surface area contributed by atoms with Gasteiger partial charge in [0.2, 0.25) is 0 Å². The van der Waals surface area contributed by atoms with Gasteiger partial charge >= 0.3 is 11.9 Å². The van der Waals surface area contributed by atoms with Gasteiger partial charge in [0.05, 0.1) is 11.5 Å². The highest BCUT2D eigenvalue weighted by molar-refractivity contribution is 6.07. The SMILES string of the molecule is CC1=CCCC(C(=O)Oc2ccc3ccccc3c2-c2c(C)cccc2C(=O)O)C1. The Morgan fingerprint density at radius 3 is 2.53 bits per heavy atom. The van der Waals surface area contributed by atoms with Crippen molar-refractivity contribution < 1.29 is 19.4 Å². The summed E-state index contributed by atoms with van der Waals surface area (Å²) in [6.07, 6.45) is 4.51. The van der Waals surface area contributed by atoms with Gasteiger partial charge in [0.25, 0.3) is 0 Å². The number of hydrogen-bond donors (Lipinski definition) is 1. The predicted octanol–water partition coefficient (Wildman–Crippen LogP) is 6.17. The lowest BCUT2D eigenvalue weighted by molar-refractivity contribution is -0.139. The Morgan fingerprint density at radius 1 is 0.967 bits per heavy atom. The Bertz CT molecular complexity index is 1170. The van der Waals surface area contributed by atoms with E-state index in [-0.39, 0.29) is 17.5 Å². The molecule has 4 rings (SSSR count). The summed E-state index contributed by atoms with van der Waals surface area (Å²) in [6, 6.07) is 16.6. The number of carbonyl (C=O) groups is 2. The largest absolute Gasteiger partial charge is 0.478 e. The third kappa shape index (κ3) is 3.73.